The zero-order chi connectivity index (χ0) is 12.1. The highest BCUT2D eigenvalue weighted by molar-refractivity contribution is 5.48. The molecule has 0 radical (unpaired) electrons. The number of hydrogen-bond donors (Lipinski definition) is 0. The second-order valence-corrected chi connectivity index (χ2v) is 4.44. The molecule has 1 aliphatic heterocycles. The minimum Gasteiger partial charge on any atom is -0.369 e. The lowest BCUT2D eigenvalue weighted by Gasteiger charge is -2.35. The zero-order valence-corrected chi connectivity index (χ0v) is 10.4. The van der Waals surface area contributed by atoms with Crippen molar-refractivity contribution in [3.05, 3.63) is 29.8 Å². The SMILES string of the molecule is CCc1ccc(N2CCN(CC#N)CC2)cc1. The van der Waals surface area contributed by atoms with Gasteiger partial charge in [-0.25, -0.2) is 0 Å². The fourth-order valence-electron chi connectivity index (χ4n) is 2.21. The summed E-state index contributed by atoms with van der Waals surface area (Å²) in [7, 11) is 0. The Kier molecular flexibility index (Phi) is 4.00. The van der Waals surface area contributed by atoms with Crippen molar-refractivity contribution in [3.8, 4) is 6.07 Å². The molecular formula is C14H19N3. The maximum absolute atomic E-state index is 8.65. The average Bonchev–Trinajstić information content (AvgIpc) is 2.40. The van der Waals surface area contributed by atoms with Gasteiger partial charge in [-0.3, -0.25) is 4.90 Å². The molecule has 1 aliphatic rings. The van der Waals surface area contributed by atoms with Gasteiger partial charge in [-0.1, -0.05) is 19.1 Å². The highest BCUT2D eigenvalue weighted by atomic mass is 15.3. The normalized spacial score (nSPS) is 16.8. The minimum atomic E-state index is 0.558. The first-order valence-electron chi connectivity index (χ1n) is 6.26. The van der Waals surface area contributed by atoms with E-state index in [0.717, 1.165) is 32.6 Å². The predicted octanol–water partition coefficient (Wildman–Crippen LogP) is 1.89. The summed E-state index contributed by atoms with van der Waals surface area (Å²) in [6.07, 6.45) is 1.09. The molecule has 0 saturated carbocycles. The molecule has 17 heavy (non-hydrogen) atoms. The van der Waals surface area contributed by atoms with E-state index in [1.165, 1.54) is 11.3 Å². The van der Waals surface area contributed by atoms with Gasteiger partial charge < -0.3 is 4.90 Å². The van der Waals surface area contributed by atoms with Crippen LogP contribution in [-0.4, -0.2) is 37.6 Å². The lowest BCUT2D eigenvalue weighted by atomic mass is 10.1. The molecule has 3 nitrogen and oxygen atoms in total. The Hall–Kier alpha value is -1.53. The highest BCUT2D eigenvalue weighted by Gasteiger charge is 2.16. The molecule has 0 aliphatic carbocycles. The van der Waals surface area contributed by atoms with Crippen LogP contribution in [0.25, 0.3) is 0 Å². The quantitative estimate of drug-likeness (QED) is 0.742. The van der Waals surface area contributed by atoms with Crippen molar-refractivity contribution in [2.24, 2.45) is 0 Å². The summed E-state index contributed by atoms with van der Waals surface area (Å²) in [6, 6.07) is 11.0. The zero-order valence-electron chi connectivity index (χ0n) is 10.4. The van der Waals surface area contributed by atoms with E-state index in [1.54, 1.807) is 0 Å². The van der Waals surface area contributed by atoms with Crippen molar-refractivity contribution in [1.29, 1.82) is 5.26 Å². The van der Waals surface area contributed by atoms with Crippen LogP contribution in [0.5, 0.6) is 0 Å². The molecule has 0 N–H and O–H groups in total. The maximum atomic E-state index is 8.65. The fourth-order valence-corrected chi connectivity index (χ4v) is 2.21. The molecule has 1 aromatic rings. The molecule has 1 fully saturated rings. The molecule has 90 valence electrons. The topological polar surface area (TPSA) is 30.3 Å². The predicted molar refractivity (Wildman–Crippen MR) is 70.1 cm³/mol. The van der Waals surface area contributed by atoms with E-state index in [4.69, 9.17) is 5.26 Å². The van der Waals surface area contributed by atoms with Gasteiger partial charge in [0.05, 0.1) is 12.6 Å². The number of nitrogens with zero attached hydrogens (tertiary/aromatic N) is 3. The Morgan fingerprint density at radius 2 is 1.76 bits per heavy atom. The Bertz CT molecular complexity index is 383. The van der Waals surface area contributed by atoms with Crippen LogP contribution in [0.2, 0.25) is 0 Å². The molecule has 1 heterocycles. The monoisotopic (exact) mass is 229 g/mol. The van der Waals surface area contributed by atoms with E-state index in [1.807, 2.05) is 0 Å². The van der Waals surface area contributed by atoms with Crippen LogP contribution >= 0.6 is 0 Å². The molecule has 3 heteroatoms. The number of piperazine rings is 1. The molecule has 0 amide bonds. The van der Waals surface area contributed by atoms with Gasteiger partial charge in [0.15, 0.2) is 0 Å². The number of nitriles is 1. The Morgan fingerprint density at radius 1 is 1.12 bits per heavy atom. The van der Waals surface area contributed by atoms with Crippen LogP contribution in [0.15, 0.2) is 24.3 Å². The third-order valence-electron chi connectivity index (χ3n) is 3.38. The second-order valence-electron chi connectivity index (χ2n) is 4.44. The lowest BCUT2D eigenvalue weighted by molar-refractivity contribution is 0.287. The van der Waals surface area contributed by atoms with E-state index in [-0.39, 0.29) is 0 Å². The van der Waals surface area contributed by atoms with Crippen LogP contribution in [0.1, 0.15) is 12.5 Å². The molecule has 1 saturated heterocycles. The summed E-state index contributed by atoms with van der Waals surface area (Å²) in [4.78, 5) is 4.60. The standard InChI is InChI=1S/C14H19N3/c1-2-13-3-5-14(6-4-13)17-11-9-16(8-7-15)10-12-17/h3-6H,2,8-12H2,1H3. The van der Waals surface area contributed by atoms with Gasteiger partial charge in [-0.2, -0.15) is 5.26 Å². The van der Waals surface area contributed by atoms with Gasteiger partial charge in [0, 0.05) is 31.9 Å². The molecule has 0 atom stereocenters. The van der Waals surface area contributed by atoms with Gasteiger partial charge in [0.1, 0.15) is 0 Å². The Balaban J connectivity index is 1.93. The molecule has 0 bridgehead atoms. The van der Waals surface area contributed by atoms with Gasteiger partial charge in [0.2, 0.25) is 0 Å². The van der Waals surface area contributed by atoms with Crippen LogP contribution in [0.4, 0.5) is 5.69 Å². The number of benzene rings is 1. The number of anilines is 1. The first kappa shape index (κ1) is 11.9. The van der Waals surface area contributed by atoms with Crippen molar-refractivity contribution < 1.29 is 0 Å². The molecule has 2 rings (SSSR count). The van der Waals surface area contributed by atoms with Crippen LogP contribution < -0.4 is 4.90 Å². The minimum absolute atomic E-state index is 0.558. The van der Waals surface area contributed by atoms with E-state index < -0.39 is 0 Å². The summed E-state index contributed by atoms with van der Waals surface area (Å²) < 4.78 is 0. The van der Waals surface area contributed by atoms with Crippen molar-refractivity contribution in [1.82, 2.24) is 4.90 Å². The average molecular weight is 229 g/mol. The number of aryl methyl sites for hydroxylation is 1. The number of rotatable bonds is 3. The van der Waals surface area contributed by atoms with Crippen LogP contribution in [0.3, 0.4) is 0 Å². The summed E-state index contributed by atoms with van der Waals surface area (Å²) in [5.74, 6) is 0. The van der Waals surface area contributed by atoms with Gasteiger partial charge >= 0.3 is 0 Å². The molecule has 1 aromatic carbocycles. The highest BCUT2D eigenvalue weighted by Crippen LogP contribution is 2.17. The second kappa shape index (κ2) is 5.70. The van der Waals surface area contributed by atoms with Crippen LogP contribution in [0, 0.1) is 11.3 Å². The third kappa shape index (κ3) is 2.98. The van der Waals surface area contributed by atoms with E-state index >= 15 is 0 Å². The molecule has 0 unspecified atom stereocenters. The maximum Gasteiger partial charge on any atom is 0.0867 e. The first-order chi connectivity index (χ1) is 8.33. The smallest absolute Gasteiger partial charge is 0.0867 e. The van der Waals surface area contributed by atoms with Crippen LogP contribution in [-0.2, 0) is 6.42 Å². The summed E-state index contributed by atoms with van der Waals surface area (Å²) in [5, 5.41) is 8.65. The van der Waals surface area contributed by atoms with Crippen molar-refractivity contribution >= 4 is 5.69 Å². The van der Waals surface area contributed by atoms with E-state index in [2.05, 4.69) is 47.1 Å². The summed E-state index contributed by atoms with van der Waals surface area (Å²) in [5.41, 5.74) is 2.69. The summed E-state index contributed by atoms with van der Waals surface area (Å²) in [6.45, 7) is 6.75. The lowest BCUT2D eigenvalue weighted by Crippen LogP contribution is -2.46. The van der Waals surface area contributed by atoms with Gasteiger partial charge in [0.25, 0.3) is 0 Å². The third-order valence-corrected chi connectivity index (χ3v) is 3.38. The van der Waals surface area contributed by atoms with Gasteiger partial charge in [-0.15, -0.1) is 0 Å². The first-order valence-corrected chi connectivity index (χ1v) is 6.26. The molecule has 0 spiro atoms. The van der Waals surface area contributed by atoms with Crippen molar-refractivity contribution in [3.63, 3.8) is 0 Å². The summed E-state index contributed by atoms with van der Waals surface area (Å²) >= 11 is 0. The molecular weight excluding hydrogens is 210 g/mol. The Morgan fingerprint density at radius 3 is 2.29 bits per heavy atom. The fraction of sp³-hybridized carbons (Fsp3) is 0.500. The molecule has 0 aromatic heterocycles. The van der Waals surface area contributed by atoms with Gasteiger partial charge in [-0.05, 0) is 24.1 Å². The Labute approximate surface area is 103 Å². The van der Waals surface area contributed by atoms with E-state index in [0.29, 0.717) is 6.54 Å². The van der Waals surface area contributed by atoms with Crippen molar-refractivity contribution in [2.45, 2.75) is 13.3 Å². The van der Waals surface area contributed by atoms with Crippen molar-refractivity contribution in [2.75, 3.05) is 37.6 Å². The largest absolute Gasteiger partial charge is 0.369 e. The number of hydrogen-bond acceptors (Lipinski definition) is 3. The van der Waals surface area contributed by atoms with E-state index in [9.17, 15) is 0 Å².